The lowest BCUT2D eigenvalue weighted by Gasteiger charge is -2.49. The first-order chi connectivity index (χ1) is 13.1. The van der Waals surface area contributed by atoms with Crippen LogP contribution in [0.5, 0.6) is 0 Å². The van der Waals surface area contributed by atoms with E-state index >= 15 is 0 Å². The van der Waals surface area contributed by atoms with E-state index in [2.05, 4.69) is 19.1 Å². The number of likely N-dealkylation sites (N-methyl/N-ethyl adjacent to an activating group) is 1. The Labute approximate surface area is 162 Å². The van der Waals surface area contributed by atoms with Gasteiger partial charge < -0.3 is 14.5 Å². The zero-order valence-corrected chi connectivity index (χ0v) is 16.7. The number of carbonyl (C=O) groups is 2. The Balaban J connectivity index is 1.67. The van der Waals surface area contributed by atoms with E-state index in [1.165, 1.54) is 0 Å². The molecule has 2 aliphatic heterocycles. The molecule has 2 amide bonds. The van der Waals surface area contributed by atoms with Crippen LogP contribution in [-0.2, 0) is 14.3 Å². The predicted octanol–water partition coefficient (Wildman–Crippen LogP) is 3.06. The van der Waals surface area contributed by atoms with Crippen LogP contribution in [0.1, 0.15) is 51.0 Å². The van der Waals surface area contributed by atoms with Crippen LogP contribution in [0.4, 0.5) is 0 Å². The second-order valence-electron chi connectivity index (χ2n) is 7.95. The highest BCUT2D eigenvalue weighted by Gasteiger charge is 2.46. The average molecular weight is 373 g/mol. The van der Waals surface area contributed by atoms with Crippen LogP contribution in [0.25, 0.3) is 0 Å². The largest absolute Gasteiger partial charge is 0.372 e. The number of amides is 2. The first kappa shape index (κ1) is 19.9. The standard InChI is InChI=1S/C22H32N2O3/c1-3-14-27-16-20(25)24-12-10-22(11-13-24)15-19(18-8-6-5-7-9-18)21(26)23(4-2)17-22/h5-9,19H,3-4,10-17H2,1-2H3/t19-/m0/s1. The number of nitrogens with zero attached hydrogens (tertiary/aromatic N) is 2. The van der Waals surface area contributed by atoms with E-state index in [-0.39, 0.29) is 29.8 Å². The van der Waals surface area contributed by atoms with Crippen molar-refractivity contribution in [1.29, 1.82) is 0 Å². The average Bonchev–Trinajstić information content (AvgIpc) is 2.71. The summed E-state index contributed by atoms with van der Waals surface area (Å²) < 4.78 is 5.41. The highest BCUT2D eigenvalue weighted by Crippen LogP contribution is 2.45. The van der Waals surface area contributed by atoms with Crippen molar-refractivity contribution in [2.75, 3.05) is 39.4 Å². The molecule has 3 rings (SSSR count). The lowest BCUT2D eigenvalue weighted by atomic mass is 9.67. The Bertz CT molecular complexity index is 638. The highest BCUT2D eigenvalue weighted by molar-refractivity contribution is 5.85. The van der Waals surface area contributed by atoms with Gasteiger partial charge >= 0.3 is 0 Å². The number of ether oxygens (including phenoxy) is 1. The molecule has 1 aromatic rings. The quantitative estimate of drug-likeness (QED) is 0.721. The predicted molar refractivity (Wildman–Crippen MR) is 105 cm³/mol. The number of hydrogen-bond donors (Lipinski definition) is 0. The van der Waals surface area contributed by atoms with Crippen molar-refractivity contribution in [2.24, 2.45) is 5.41 Å². The van der Waals surface area contributed by atoms with Gasteiger partial charge in [-0.2, -0.15) is 0 Å². The normalized spacial score (nSPS) is 22.3. The van der Waals surface area contributed by atoms with E-state index in [0.29, 0.717) is 6.61 Å². The fraction of sp³-hybridized carbons (Fsp3) is 0.636. The van der Waals surface area contributed by atoms with Crippen molar-refractivity contribution in [3.63, 3.8) is 0 Å². The first-order valence-corrected chi connectivity index (χ1v) is 10.3. The van der Waals surface area contributed by atoms with E-state index in [1.54, 1.807) is 0 Å². The van der Waals surface area contributed by atoms with Gasteiger partial charge in [0.25, 0.3) is 0 Å². The molecule has 0 saturated carbocycles. The smallest absolute Gasteiger partial charge is 0.248 e. The summed E-state index contributed by atoms with van der Waals surface area (Å²) >= 11 is 0. The van der Waals surface area contributed by atoms with Gasteiger partial charge in [-0.25, -0.2) is 0 Å². The summed E-state index contributed by atoms with van der Waals surface area (Å²) in [5.74, 6) is 0.285. The van der Waals surface area contributed by atoms with E-state index < -0.39 is 0 Å². The number of hydrogen-bond acceptors (Lipinski definition) is 3. The summed E-state index contributed by atoms with van der Waals surface area (Å²) in [5, 5.41) is 0. The van der Waals surface area contributed by atoms with Crippen molar-refractivity contribution in [2.45, 2.75) is 45.4 Å². The lowest BCUT2D eigenvalue weighted by Crippen LogP contribution is -2.54. The third-order valence-corrected chi connectivity index (χ3v) is 6.11. The van der Waals surface area contributed by atoms with Crippen molar-refractivity contribution in [1.82, 2.24) is 9.80 Å². The molecular formula is C22H32N2O3. The molecular weight excluding hydrogens is 340 g/mol. The zero-order valence-electron chi connectivity index (χ0n) is 16.7. The number of carbonyl (C=O) groups excluding carboxylic acids is 2. The number of piperidine rings is 2. The third kappa shape index (κ3) is 4.52. The van der Waals surface area contributed by atoms with Crippen molar-refractivity contribution >= 4 is 11.8 Å². The van der Waals surface area contributed by atoms with Gasteiger partial charge in [0.15, 0.2) is 0 Å². The van der Waals surface area contributed by atoms with Gasteiger partial charge in [-0.3, -0.25) is 9.59 Å². The SMILES string of the molecule is CCCOCC(=O)N1CCC2(CC1)C[C@@H](c1ccccc1)C(=O)N(CC)C2. The molecule has 1 atom stereocenters. The lowest BCUT2D eigenvalue weighted by molar-refractivity contribution is -0.146. The van der Waals surface area contributed by atoms with Crippen LogP contribution in [0.3, 0.4) is 0 Å². The fourth-order valence-electron chi connectivity index (χ4n) is 4.49. The summed E-state index contributed by atoms with van der Waals surface area (Å²) in [7, 11) is 0. The van der Waals surface area contributed by atoms with Gasteiger partial charge in [0, 0.05) is 32.8 Å². The molecule has 5 heteroatoms. The number of benzene rings is 1. The molecule has 0 bridgehead atoms. The molecule has 2 fully saturated rings. The van der Waals surface area contributed by atoms with Crippen LogP contribution < -0.4 is 0 Å². The van der Waals surface area contributed by atoms with Crippen LogP contribution in [0, 0.1) is 5.41 Å². The maximum absolute atomic E-state index is 12.9. The fourth-order valence-corrected chi connectivity index (χ4v) is 4.49. The zero-order chi connectivity index (χ0) is 19.3. The molecule has 0 unspecified atom stereocenters. The second kappa shape index (κ2) is 8.87. The topological polar surface area (TPSA) is 49.9 Å². The van der Waals surface area contributed by atoms with Crippen molar-refractivity contribution < 1.29 is 14.3 Å². The molecule has 2 aliphatic rings. The van der Waals surface area contributed by atoms with Gasteiger partial charge in [0.1, 0.15) is 6.61 Å². The van der Waals surface area contributed by atoms with Gasteiger partial charge in [-0.1, -0.05) is 37.3 Å². The molecule has 2 heterocycles. The second-order valence-corrected chi connectivity index (χ2v) is 7.95. The molecule has 27 heavy (non-hydrogen) atoms. The molecule has 0 aliphatic carbocycles. The maximum Gasteiger partial charge on any atom is 0.248 e. The van der Waals surface area contributed by atoms with E-state index in [1.807, 2.05) is 34.9 Å². The Hall–Kier alpha value is -1.88. The minimum absolute atomic E-state index is 0.0601. The van der Waals surface area contributed by atoms with Crippen LogP contribution in [0.2, 0.25) is 0 Å². The Morgan fingerprint density at radius 3 is 2.52 bits per heavy atom. The van der Waals surface area contributed by atoms with Crippen LogP contribution in [0.15, 0.2) is 30.3 Å². The summed E-state index contributed by atoms with van der Waals surface area (Å²) in [5.41, 5.74) is 1.23. The molecule has 0 N–H and O–H groups in total. The van der Waals surface area contributed by atoms with Crippen LogP contribution in [-0.4, -0.2) is 61.0 Å². The third-order valence-electron chi connectivity index (χ3n) is 6.11. The summed E-state index contributed by atoms with van der Waals surface area (Å²) in [6.07, 6.45) is 3.73. The Morgan fingerprint density at radius 1 is 1.19 bits per heavy atom. The Kier molecular flexibility index (Phi) is 6.53. The molecule has 0 radical (unpaired) electrons. The minimum Gasteiger partial charge on any atom is -0.372 e. The van der Waals surface area contributed by atoms with Gasteiger partial charge in [-0.15, -0.1) is 0 Å². The van der Waals surface area contributed by atoms with Crippen LogP contribution >= 0.6 is 0 Å². The summed E-state index contributed by atoms with van der Waals surface area (Å²) in [6, 6.07) is 10.2. The monoisotopic (exact) mass is 372 g/mol. The van der Waals surface area contributed by atoms with E-state index in [4.69, 9.17) is 4.74 Å². The number of likely N-dealkylation sites (tertiary alicyclic amines) is 2. The molecule has 0 aromatic heterocycles. The minimum atomic E-state index is -0.0601. The van der Waals surface area contributed by atoms with Crippen molar-refractivity contribution in [3.05, 3.63) is 35.9 Å². The van der Waals surface area contributed by atoms with Gasteiger partial charge in [0.2, 0.25) is 11.8 Å². The summed E-state index contributed by atoms with van der Waals surface area (Å²) in [4.78, 5) is 29.2. The summed E-state index contributed by atoms with van der Waals surface area (Å²) in [6.45, 7) is 8.02. The highest BCUT2D eigenvalue weighted by atomic mass is 16.5. The maximum atomic E-state index is 12.9. The molecule has 148 valence electrons. The van der Waals surface area contributed by atoms with E-state index in [0.717, 1.165) is 57.4 Å². The van der Waals surface area contributed by atoms with E-state index in [9.17, 15) is 9.59 Å². The van der Waals surface area contributed by atoms with Gasteiger partial charge in [-0.05, 0) is 43.6 Å². The molecule has 1 spiro atoms. The molecule has 2 saturated heterocycles. The molecule has 1 aromatic carbocycles. The Morgan fingerprint density at radius 2 is 1.89 bits per heavy atom. The number of rotatable bonds is 6. The first-order valence-electron chi connectivity index (χ1n) is 10.3. The van der Waals surface area contributed by atoms with Gasteiger partial charge in [0.05, 0.1) is 5.92 Å². The molecule has 5 nitrogen and oxygen atoms in total. The van der Waals surface area contributed by atoms with Crippen molar-refractivity contribution in [3.8, 4) is 0 Å².